The van der Waals surface area contributed by atoms with Crippen LogP contribution in [0.25, 0.3) is 23.2 Å². The van der Waals surface area contributed by atoms with Gasteiger partial charge >= 0.3 is 0 Å². The number of fused-ring (bicyclic) bond motifs is 2. The molecule has 0 radical (unpaired) electrons. The molecule has 0 bridgehead atoms. The number of aromatic nitrogens is 1. The molecule has 21 heavy (non-hydrogen) atoms. The summed E-state index contributed by atoms with van der Waals surface area (Å²) in [6.45, 7) is 0. The molecule has 102 valence electrons. The topological polar surface area (TPSA) is 60.7 Å². The lowest BCUT2D eigenvalue weighted by Crippen LogP contribution is -2.06. The molecule has 4 nitrogen and oxygen atoms in total. The Balaban J connectivity index is 1.95. The average molecular weight is 296 g/mol. The van der Waals surface area contributed by atoms with Gasteiger partial charge in [-0.25, -0.2) is 0 Å². The summed E-state index contributed by atoms with van der Waals surface area (Å²) in [6.07, 6.45) is 3.64. The Morgan fingerprint density at radius 1 is 1.14 bits per heavy atom. The second kappa shape index (κ2) is 4.46. The fourth-order valence-corrected chi connectivity index (χ4v) is 2.66. The Bertz CT molecular complexity index is 1020. The van der Waals surface area contributed by atoms with Crippen molar-refractivity contribution in [2.75, 3.05) is 0 Å². The maximum Gasteiger partial charge on any atom is 0.196 e. The van der Waals surface area contributed by atoms with Crippen molar-refractivity contribution < 1.29 is 5.11 Å². The number of benzene rings is 2. The number of nitrogens with one attached hydrogen (secondary N) is 1. The zero-order chi connectivity index (χ0) is 14.4. The minimum atomic E-state index is 0.126. The van der Waals surface area contributed by atoms with Crippen molar-refractivity contribution in [1.29, 1.82) is 0 Å². The summed E-state index contributed by atoms with van der Waals surface area (Å²) in [5.41, 5.74) is 2.38. The highest BCUT2D eigenvalue weighted by atomic mass is 35.5. The molecule has 4 rings (SSSR count). The Morgan fingerprint density at radius 3 is 2.95 bits per heavy atom. The molecule has 0 spiro atoms. The van der Waals surface area contributed by atoms with Crippen LogP contribution in [-0.2, 0) is 0 Å². The second-order valence-corrected chi connectivity index (χ2v) is 5.32. The zero-order valence-corrected chi connectivity index (χ0v) is 11.6. The molecule has 0 aliphatic carbocycles. The molecule has 0 fully saturated rings. The Labute approximate surface area is 124 Å². The first-order valence-corrected chi connectivity index (χ1v) is 6.81. The van der Waals surface area contributed by atoms with Gasteiger partial charge in [0.25, 0.3) is 0 Å². The number of nitrogens with zero attached hydrogens (tertiary/aromatic N) is 2. The molecule has 2 N–H and O–H groups in total. The van der Waals surface area contributed by atoms with Gasteiger partial charge in [-0.3, -0.25) is 0 Å². The highest BCUT2D eigenvalue weighted by Crippen LogP contribution is 2.29. The highest BCUT2D eigenvalue weighted by molar-refractivity contribution is 6.31. The number of aromatic hydroxyl groups is 1. The summed E-state index contributed by atoms with van der Waals surface area (Å²) >= 11 is 5.97. The third-order valence-corrected chi connectivity index (χ3v) is 3.74. The summed E-state index contributed by atoms with van der Waals surface area (Å²) in [7, 11) is 0. The second-order valence-electron chi connectivity index (χ2n) is 4.88. The molecule has 3 aromatic rings. The molecule has 1 aromatic heterocycles. The minimum absolute atomic E-state index is 0.126. The molecule has 0 saturated carbocycles. The van der Waals surface area contributed by atoms with Gasteiger partial charge in [0, 0.05) is 21.2 Å². The molecule has 0 amide bonds. The summed E-state index contributed by atoms with van der Waals surface area (Å²) < 4.78 is 0. The number of azo groups is 1. The molecule has 0 atom stereocenters. The first kappa shape index (κ1) is 12.2. The van der Waals surface area contributed by atoms with Gasteiger partial charge in [0.15, 0.2) is 5.88 Å². The third-order valence-electron chi connectivity index (χ3n) is 3.51. The summed E-state index contributed by atoms with van der Waals surface area (Å²) in [6, 6.07) is 11.4. The number of hydrogen-bond donors (Lipinski definition) is 2. The lowest BCUT2D eigenvalue weighted by atomic mass is 10.1. The van der Waals surface area contributed by atoms with Crippen LogP contribution in [0.5, 0.6) is 5.88 Å². The van der Waals surface area contributed by atoms with E-state index in [0.717, 1.165) is 32.6 Å². The fourth-order valence-electron chi connectivity index (χ4n) is 2.49. The van der Waals surface area contributed by atoms with Gasteiger partial charge in [0.2, 0.25) is 0 Å². The quantitative estimate of drug-likeness (QED) is 0.711. The first-order chi connectivity index (χ1) is 10.2. The molecule has 2 heterocycles. The van der Waals surface area contributed by atoms with E-state index in [0.29, 0.717) is 5.02 Å². The van der Waals surface area contributed by atoms with Crippen LogP contribution in [0.4, 0.5) is 5.69 Å². The number of aromatic amines is 1. The summed E-state index contributed by atoms with van der Waals surface area (Å²) in [5.74, 6) is 0.126. The van der Waals surface area contributed by atoms with Gasteiger partial charge in [-0.2, -0.15) is 10.2 Å². The van der Waals surface area contributed by atoms with Crippen molar-refractivity contribution >= 4 is 40.5 Å². The van der Waals surface area contributed by atoms with E-state index in [9.17, 15) is 5.11 Å². The van der Waals surface area contributed by atoms with Crippen molar-refractivity contribution in [3.8, 4) is 5.88 Å². The molecule has 1 aliphatic heterocycles. The van der Waals surface area contributed by atoms with Crippen molar-refractivity contribution in [1.82, 2.24) is 4.98 Å². The van der Waals surface area contributed by atoms with Crippen LogP contribution in [0.15, 0.2) is 46.6 Å². The van der Waals surface area contributed by atoms with E-state index in [1.54, 1.807) is 18.3 Å². The van der Waals surface area contributed by atoms with Crippen molar-refractivity contribution in [2.24, 2.45) is 10.2 Å². The molecule has 1 aliphatic rings. The van der Waals surface area contributed by atoms with Gasteiger partial charge in [0.1, 0.15) is 0 Å². The Hall–Kier alpha value is -2.59. The smallest absolute Gasteiger partial charge is 0.196 e. The lowest BCUT2D eigenvalue weighted by Gasteiger charge is -1.95. The molecule has 0 saturated heterocycles. The van der Waals surface area contributed by atoms with E-state index in [-0.39, 0.29) is 5.88 Å². The van der Waals surface area contributed by atoms with E-state index < -0.39 is 0 Å². The average Bonchev–Trinajstić information content (AvgIpc) is 3.03. The first-order valence-electron chi connectivity index (χ1n) is 6.44. The van der Waals surface area contributed by atoms with Gasteiger partial charge < -0.3 is 10.1 Å². The van der Waals surface area contributed by atoms with Gasteiger partial charge in [-0.15, -0.1) is 0 Å². The van der Waals surface area contributed by atoms with E-state index in [4.69, 9.17) is 11.6 Å². The number of halogens is 1. The molecule has 5 heteroatoms. The number of H-pyrrole nitrogens is 1. The molecule has 0 unspecified atom stereocenters. The highest BCUT2D eigenvalue weighted by Gasteiger charge is 2.08. The molecular weight excluding hydrogens is 286 g/mol. The summed E-state index contributed by atoms with van der Waals surface area (Å²) in [5, 5.41) is 21.5. The van der Waals surface area contributed by atoms with Crippen LogP contribution in [0.1, 0.15) is 5.56 Å². The van der Waals surface area contributed by atoms with E-state index in [2.05, 4.69) is 15.2 Å². The maximum absolute atomic E-state index is 10.1. The van der Waals surface area contributed by atoms with Crippen LogP contribution in [0.3, 0.4) is 0 Å². The third kappa shape index (κ3) is 2.00. The van der Waals surface area contributed by atoms with Gasteiger partial charge in [-0.05, 0) is 29.5 Å². The number of hydrogen-bond acceptors (Lipinski definition) is 3. The lowest BCUT2D eigenvalue weighted by molar-refractivity contribution is 0.457. The Morgan fingerprint density at radius 2 is 2.05 bits per heavy atom. The van der Waals surface area contributed by atoms with Crippen LogP contribution < -0.4 is 10.4 Å². The number of rotatable bonds is 1. The van der Waals surface area contributed by atoms with Crippen molar-refractivity contribution in [2.45, 2.75) is 0 Å². The van der Waals surface area contributed by atoms with E-state index in [1.807, 2.05) is 30.3 Å². The maximum atomic E-state index is 10.1. The van der Waals surface area contributed by atoms with Gasteiger partial charge in [0.05, 0.1) is 17.4 Å². The fraction of sp³-hybridized carbons (Fsp3) is 0. The van der Waals surface area contributed by atoms with Crippen molar-refractivity contribution in [3.63, 3.8) is 0 Å². The minimum Gasteiger partial charge on any atom is -0.494 e. The van der Waals surface area contributed by atoms with Crippen LogP contribution >= 0.6 is 11.6 Å². The molecule has 2 aromatic carbocycles. The largest absolute Gasteiger partial charge is 0.494 e. The van der Waals surface area contributed by atoms with E-state index >= 15 is 0 Å². The monoisotopic (exact) mass is 295 g/mol. The predicted molar refractivity (Wildman–Crippen MR) is 83.2 cm³/mol. The normalized spacial score (nSPS) is 13.7. The Kier molecular flexibility index (Phi) is 2.59. The SMILES string of the molecule is Oc1[nH]c2cc(Cl)ccc2c1C=c1ccc2c(c1)N=NC=2. The predicted octanol–water partition coefficient (Wildman–Crippen LogP) is 3.19. The molecular formula is C16H10ClN3O. The van der Waals surface area contributed by atoms with Crippen LogP contribution in [0.2, 0.25) is 5.02 Å². The van der Waals surface area contributed by atoms with Crippen molar-refractivity contribution in [3.05, 3.63) is 57.4 Å². The standard InChI is InChI=1S/C16H10ClN3O/c17-11-3-4-12-13(16(21)19-15(12)7-11)5-9-1-2-10-8-18-20-14(10)6-9/h1-8,19,21H. The van der Waals surface area contributed by atoms with E-state index in [1.165, 1.54) is 0 Å². The van der Waals surface area contributed by atoms with Crippen LogP contribution in [-0.4, -0.2) is 10.1 Å². The zero-order valence-electron chi connectivity index (χ0n) is 10.8. The van der Waals surface area contributed by atoms with Gasteiger partial charge in [-0.1, -0.05) is 29.8 Å². The van der Waals surface area contributed by atoms with Crippen LogP contribution in [0, 0.1) is 0 Å². The summed E-state index contributed by atoms with van der Waals surface area (Å²) in [4.78, 5) is 2.93.